The van der Waals surface area contributed by atoms with Crippen molar-refractivity contribution in [2.75, 3.05) is 52.5 Å². The van der Waals surface area contributed by atoms with E-state index in [0.717, 1.165) is 0 Å². The summed E-state index contributed by atoms with van der Waals surface area (Å²) in [5.41, 5.74) is -0.0716. The van der Waals surface area contributed by atoms with Crippen LogP contribution in [-0.4, -0.2) is 89.2 Å². The molecule has 0 saturated carbocycles. The van der Waals surface area contributed by atoms with Crippen LogP contribution in [0.25, 0.3) is 0 Å². The van der Waals surface area contributed by atoms with E-state index in [1.165, 1.54) is 17.4 Å². The van der Waals surface area contributed by atoms with E-state index in [-0.39, 0.29) is 43.5 Å². The molecule has 1 fully saturated rings. The van der Waals surface area contributed by atoms with Gasteiger partial charge in [0.2, 0.25) is 0 Å². The van der Waals surface area contributed by atoms with Gasteiger partial charge in [0.05, 0.1) is 19.5 Å². The van der Waals surface area contributed by atoms with Gasteiger partial charge in [0.1, 0.15) is 11.6 Å². The highest BCUT2D eigenvalue weighted by Crippen LogP contribution is 2.11. The van der Waals surface area contributed by atoms with Crippen molar-refractivity contribution in [1.29, 1.82) is 5.26 Å². The third-order valence-corrected chi connectivity index (χ3v) is 4.02. The molecule has 0 aromatic carbocycles. The molecule has 1 aliphatic heterocycles. The Labute approximate surface area is 151 Å². The predicted octanol–water partition coefficient (Wildman–Crippen LogP) is -0.742. The number of nitrogens with zero attached hydrogens (tertiary/aromatic N) is 4. The lowest BCUT2D eigenvalue weighted by atomic mass is 10.2. The first-order valence-corrected chi connectivity index (χ1v) is 8.30. The molecular weight excluding hydrogens is 340 g/mol. The van der Waals surface area contributed by atoms with Gasteiger partial charge in [-0.2, -0.15) is 5.26 Å². The molecule has 9 nitrogen and oxygen atoms in total. The lowest BCUT2D eigenvalue weighted by Gasteiger charge is -2.34. The third-order valence-electron chi connectivity index (χ3n) is 4.02. The zero-order chi connectivity index (χ0) is 18.9. The van der Waals surface area contributed by atoms with Crippen molar-refractivity contribution in [3.8, 4) is 6.07 Å². The third kappa shape index (κ3) is 4.84. The SMILES string of the molecule is N#C/C(=C/N1CCN(C(=O)c2ccco2)CC1)C(=O)N(CCO)CCO. The van der Waals surface area contributed by atoms with Gasteiger partial charge in [-0.05, 0) is 12.1 Å². The van der Waals surface area contributed by atoms with Crippen molar-refractivity contribution in [1.82, 2.24) is 14.7 Å². The van der Waals surface area contributed by atoms with Crippen LogP contribution in [0.3, 0.4) is 0 Å². The van der Waals surface area contributed by atoms with E-state index >= 15 is 0 Å². The first kappa shape index (κ1) is 19.5. The Hall–Kier alpha value is -2.83. The Morgan fingerprint density at radius 2 is 1.88 bits per heavy atom. The molecule has 2 N–H and O–H groups in total. The lowest BCUT2D eigenvalue weighted by molar-refractivity contribution is -0.127. The number of carbonyl (C=O) groups is 2. The Bertz CT molecular complexity index is 666. The molecule has 2 amide bonds. The summed E-state index contributed by atoms with van der Waals surface area (Å²) in [4.78, 5) is 29.3. The van der Waals surface area contributed by atoms with Gasteiger partial charge < -0.3 is 29.3 Å². The van der Waals surface area contributed by atoms with E-state index in [1.807, 2.05) is 6.07 Å². The molecule has 2 heterocycles. The predicted molar refractivity (Wildman–Crippen MR) is 90.6 cm³/mol. The summed E-state index contributed by atoms with van der Waals surface area (Å²) in [5, 5.41) is 27.3. The topological polar surface area (TPSA) is 121 Å². The van der Waals surface area contributed by atoms with Gasteiger partial charge in [-0.3, -0.25) is 9.59 Å². The van der Waals surface area contributed by atoms with Crippen LogP contribution in [0.5, 0.6) is 0 Å². The number of piperazine rings is 1. The monoisotopic (exact) mass is 362 g/mol. The highest BCUT2D eigenvalue weighted by atomic mass is 16.3. The number of amides is 2. The zero-order valence-electron chi connectivity index (χ0n) is 14.4. The average molecular weight is 362 g/mol. The molecule has 0 radical (unpaired) electrons. The second-order valence-electron chi connectivity index (χ2n) is 5.70. The molecule has 26 heavy (non-hydrogen) atoms. The van der Waals surface area contributed by atoms with E-state index in [0.29, 0.717) is 26.2 Å². The van der Waals surface area contributed by atoms with E-state index in [1.54, 1.807) is 21.9 Å². The largest absolute Gasteiger partial charge is 0.459 e. The maximum Gasteiger partial charge on any atom is 0.289 e. The quantitative estimate of drug-likeness (QED) is 0.484. The number of rotatable bonds is 7. The van der Waals surface area contributed by atoms with Crippen LogP contribution in [0.4, 0.5) is 0 Å². The smallest absolute Gasteiger partial charge is 0.289 e. The molecule has 1 saturated heterocycles. The maximum atomic E-state index is 12.4. The van der Waals surface area contributed by atoms with Crippen LogP contribution in [0.1, 0.15) is 10.6 Å². The summed E-state index contributed by atoms with van der Waals surface area (Å²) >= 11 is 0. The standard InChI is InChI=1S/C17H22N4O5/c18-12-14(16(24)21(7-9-22)8-10-23)13-19-3-5-20(6-4-19)17(25)15-2-1-11-26-15/h1-2,11,13,22-23H,3-10H2/b14-13-. The Morgan fingerprint density at radius 3 is 2.38 bits per heavy atom. The number of hydrogen-bond acceptors (Lipinski definition) is 7. The van der Waals surface area contributed by atoms with Crippen LogP contribution in [0.2, 0.25) is 0 Å². The number of nitriles is 1. The van der Waals surface area contributed by atoms with Crippen LogP contribution < -0.4 is 0 Å². The van der Waals surface area contributed by atoms with E-state index < -0.39 is 5.91 Å². The van der Waals surface area contributed by atoms with Crippen LogP contribution in [0, 0.1) is 11.3 Å². The molecule has 2 rings (SSSR count). The molecule has 0 atom stereocenters. The van der Waals surface area contributed by atoms with Crippen molar-refractivity contribution < 1.29 is 24.2 Å². The fourth-order valence-electron chi connectivity index (χ4n) is 2.65. The molecule has 1 aliphatic rings. The number of furan rings is 1. The van der Waals surface area contributed by atoms with Crippen molar-refractivity contribution in [3.05, 3.63) is 35.9 Å². The van der Waals surface area contributed by atoms with Gasteiger partial charge in [0, 0.05) is 45.5 Å². The van der Waals surface area contributed by atoms with Gasteiger partial charge >= 0.3 is 0 Å². The van der Waals surface area contributed by atoms with Crippen molar-refractivity contribution in [2.24, 2.45) is 0 Å². The van der Waals surface area contributed by atoms with Crippen LogP contribution >= 0.6 is 0 Å². The van der Waals surface area contributed by atoms with E-state index in [4.69, 9.17) is 14.6 Å². The summed E-state index contributed by atoms with van der Waals surface area (Å²) in [6, 6.07) is 5.14. The molecule has 0 unspecified atom stereocenters. The van der Waals surface area contributed by atoms with Crippen LogP contribution in [0.15, 0.2) is 34.6 Å². The average Bonchev–Trinajstić information content (AvgIpc) is 3.20. The van der Waals surface area contributed by atoms with Gasteiger partial charge in [-0.1, -0.05) is 0 Å². The summed E-state index contributed by atoms with van der Waals surface area (Å²) in [5.74, 6) is -0.442. The van der Waals surface area contributed by atoms with Gasteiger partial charge in [0.15, 0.2) is 5.76 Å². The van der Waals surface area contributed by atoms with E-state index in [2.05, 4.69) is 0 Å². The van der Waals surface area contributed by atoms with Gasteiger partial charge in [-0.25, -0.2) is 0 Å². The molecule has 1 aromatic heterocycles. The molecule has 140 valence electrons. The molecule has 1 aromatic rings. The first-order valence-electron chi connectivity index (χ1n) is 8.30. The normalized spacial score (nSPS) is 14.9. The summed E-state index contributed by atoms with van der Waals surface area (Å²) < 4.78 is 5.11. The van der Waals surface area contributed by atoms with Gasteiger partial charge in [-0.15, -0.1) is 0 Å². The maximum absolute atomic E-state index is 12.4. The molecule has 0 bridgehead atoms. The lowest BCUT2D eigenvalue weighted by Crippen LogP contribution is -2.47. The number of hydrogen-bond donors (Lipinski definition) is 2. The minimum atomic E-state index is -0.537. The second-order valence-corrected chi connectivity index (χ2v) is 5.70. The summed E-state index contributed by atoms with van der Waals surface area (Å²) in [7, 11) is 0. The second kappa shape index (κ2) is 9.60. The van der Waals surface area contributed by atoms with Crippen molar-refractivity contribution >= 4 is 11.8 Å². The number of aliphatic hydroxyl groups is 2. The zero-order valence-corrected chi connectivity index (χ0v) is 14.4. The van der Waals surface area contributed by atoms with Crippen molar-refractivity contribution in [3.63, 3.8) is 0 Å². The van der Waals surface area contributed by atoms with E-state index in [9.17, 15) is 14.9 Å². The minimum Gasteiger partial charge on any atom is -0.459 e. The Kier molecular flexibility index (Phi) is 7.20. The summed E-state index contributed by atoms with van der Waals surface area (Å²) in [6.45, 7) is 1.43. The highest BCUT2D eigenvalue weighted by Gasteiger charge is 2.24. The summed E-state index contributed by atoms with van der Waals surface area (Å²) in [6.07, 6.45) is 2.92. The highest BCUT2D eigenvalue weighted by molar-refractivity contribution is 5.97. The fourth-order valence-corrected chi connectivity index (χ4v) is 2.65. The first-order chi connectivity index (χ1) is 12.6. The Balaban J connectivity index is 1.97. The van der Waals surface area contributed by atoms with Crippen LogP contribution in [-0.2, 0) is 4.79 Å². The molecule has 0 spiro atoms. The molecule has 9 heteroatoms. The number of aliphatic hydroxyl groups excluding tert-OH is 2. The minimum absolute atomic E-state index is 0.0455. The number of carbonyl (C=O) groups excluding carboxylic acids is 2. The van der Waals surface area contributed by atoms with Crippen molar-refractivity contribution in [2.45, 2.75) is 0 Å². The Morgan fingerprint density at radius 1 is 1.23 bits per heavy atom. The molecule has 0 aliphatic carbocycles. The molecular formula is C17H22N4O5. The van der Waals surface area contributed by atoms with Gasteiger partial charge in [0.25, 0.3) is 11.8 Å². The fraction of sp³-hybridized carbons (Fsp3) is 0.471.